The molecule has 1 aromatic heterocycles. The van der Waals surface area contributed by atoms with Crippen molar-refractivity contribution in [1.29, 1.82) is 0 Å². The Hall–Kier alpha value is -2.95. The van der Waals surface area contributed by atoms with Crippen LogP contribution in [0, 0.1) is 0 Å². The highest BCUT2D eigenvalue weighted by molar-refractivity contribution is 6.09. The molecule has 0 saturated heterocycles. The van der Waals surface area contributed by atoms with E-state index in [0.29, 0.717) is 0 Å². The fourth-order valence-electron chi connectivity index (χ4n) is 2.60. The minimum atomic E-state index is 0.780. The largest absolute Gasteiger partial charge is 0.323 e. The van der Waals surface area contributed by atoms with Crippen molar-refractivity contribution in [3.05, 3.63) is 72.6 Å². The van der Waals surface area contributed by atoms with Crippen LogP contribution in [0.25, 0.3) is 5.69 Å². The SMILES string of the molecule is c1ccc(N2CCN=C2c2cn(-c3ccccc3)nn2)cc1. The van der Waals surface area contributed by atoms with E-state index in [1.165, 1.54) is 0 Å². The van der Waals surface area contributed by atoms with Gasteiger partial charge in [-0.2, -0.15) is 0 Å². The summed E-state index contributed by atoms with van der Waals surface area (Å²) >= 11 is 0. The zero-order chi connectivity index (χ0) is 14.8. The highest BCUT2D eigenvalue weighted by Crippen LogP contribution is 2.20. The number of amidine groups is 1. The van der Waals surface area contributed by atoms with Gasteiger partial charge in [-0.3, -0.25) is 4.99 Å². The van der Waals surface area contributed by atoms with Gasteiger partial charge in [-0.05, 0) is 24.3 Å². The van der Waals surface area contributed by atoms with Gasteiger partial charge in [-0.1, -0.05) is 41.6 Å². The third-order valence-electron chi connectivity index (χ3n) is 3.65. The maximum atomic E-state index is 4.60. The second-order valence-corrected chi connectivity index (χ2v) is 5.08. The highest BCUT2D eigenvalue weighted by Gasteiger charge is 2.22. The van der Waals surface area contributed by atoms with Crippen LogP contribution in [0.5, 0.6) is 0 Å². The Balaban J connectivity index is 1.66. The van der Waals surface area contributed by atoms with Crippen molar-refractivity contribution in [1.82, 2.24) is 15.0 Å². The van der Waals surface area contributed by atoms with E-state index < -0.39 is 0 Å². The van der Waals surface area contributed by atoms with E-state index in [0.717, 1.165) is 36.0 Å². The first kappa shape index (κ1) is 12.8. The first-order valence-electron chi connectivity index (χ1n) is 7.27. The average molecular weight is 289 g/mol. The van der Waals surface area contributed by atoms with Gasteiger partial charge in [0.05, 0.1) is 18.4 Å². The normalized spacial score (nSPS) is 14.2. The van der Waals surface area contributed by atoms with Gasteiger partial charge in [-0.15, -0.1) is 5.10 Å². The number of hydrogen-bond donors (Lipinski definition) is 0. The van der Waals surface area contributed by atoms with Gasteiger partial charge in [-0.25, -0.2) is 4.68 Å². The molecule has 0 amide bonds. The zero-order valence-electron chi connectivity index (χ0n) is 12.0. The van der Waals surface area contributed by atoms with Gasteiger partial charge in [0.1, 0.15) is 5.69 Å². The minimum Gasteiger partial charge on any atom is -0.323 e. The summed E-state index contributed by atoms with van der Waals surface area (Å²) in [6, 6.07) is 20.2. The number of nitrogens with zero attached hydrogens (tertiary/aromatic N) is 5. The Kier molecular flexibility index (Phi) is 3.16. The van der Waals surface area contributed by atoms with Crippen molar-refractivity contribution in [3.8, 4) is 5.69 Å². The molecule has 22 heavy (non-hydrogen) atoms. The maximum absolute atomic E-state index is 4.60. The van der Waals surface area contributed by atoms with Crippen LogP contribution in [0.2, 0.25) is 0 Å². The van der Waals surface area contributed by atoms with Crippen LogP contribution in [0.15, 0.2) is 71.9 Å². The summed E-state index contributed by atoms with van der Waals surface area (Å²) < 4.78 is 1.78. The van der Waals surface area contributed by atoms with Crippen molar-refractivity contribution >= 4 is 11.5 Å². The fraction of sp³-hybridized carbons (Fsp3) is 0.118. The van der Waals surface area contributed by atoms with Gasteiger partial charge < -0.3 is 4.90 Å². The summed E-state index contributed by atoms with van der Waals surface area (Å²) in [5.74, 6) is 0.883. The lowest BCUT2D eigenvalue weighted by molar-refractivity contribution is 0.802. The van der Waals surface area contributed by atoms with Crippen LogP contribution in [0.1, 0.15) is 5.69 Å². The molecule has 5 nitrogen and oxygen atoms in total. The van der Waals surface area contributed by atoms with Gasteiger partial charge in [0.15, 0.2) is 5.84 Å². The molecule has 0 N–H and O–H groups in total. The summed E-state index contributed by atoms with van der Waals surface area (Å²) in [4.78, 5) is 6.78. The number of aromatic nitrogens is 3. The number of para-hydroxylation sites is 2. The Bertz CT molecular complexity index is 792. The Morgan fingerprint density at radius 3 is 2.23 bits per heavy atom. The summed E-state index contributed by atoms with van der Waals surface area (Å²) in [5.41, 5.74) is 2.92. The van der Waals surface area contributed by atoms with Crippen molar-refractivity contribution < 1.29 is 0 Å². The molecule has 1 aliphatic rings. The van der Waals surface area contributed by atoms with Crippen molar-refractivity contribution in [2.75, 3.05) is 18.0 Å². The van der Waals surface area contributed by atoms with Crippen LogP contribution < -0.4 is 4.90 Å². The number of anilines is 1. The van der Waals surface area contributed by atoms with Crippen molar-refractivity contribution in [2.24, 2.45) is 4.99 Å². The van der Waals surface area contributed by atoms with Gasteiger partial charge in [0.25, 0.3) is 0 Å². The molecule has 3 aromatic rings. The van der Waals surface area contributed by atoms with Crippen molar-refractivity contribution in [3.63, 3.8) is 0 Å². The average Bonchev–Trinajstić information content (AvgIpc) is 3.25. The van der Waals surface area contributed by atoms with Gasteiger partial charge in [0.2, 0.25) is 0 Å². The number of hydrogen-bond acceptors (Lipinski definition) is 4. The van der Waals surface area contributed by atoms with E-state index in [4.69, 9.17) is 0 Å². The van der Waals surface area contributed by atoms with E-state index in [-0.39, 0.29) is 0 Å². The molecule has 0 atom stereocenters. The van der Waals surface area contributed by atoms with Crippen LogP contribution >= 0.6 is 0 Å². The zero-order valence-corrected chi connectivity index (χ0v) is 12.0. The third-order valence-corrected chi connectivity index (χ3v) is 3.65. The number of rotatable bonds is 3. The summed E-state index contributed by atoms with van der Waals surface area (Å²) in [7, 11) is 0. The van der Waals surface area contributed by atoms with Crippen LogP contribution in [-0.4, -0.2) is 33.9 Å². The molecule has 2 heterocycles. The van der Waals surface area contributed by atoms with E-state index in [9.17, 15) is 0 Å². The summed E-state index contributed by atoms with van der Waals surface area (Å²) in [6.07, 6.45) is 1.93. The standard InChI is InChI=1S/C17H15N5/c1-3-7-14(8-4-1)21-12-11-18-17(21)16-13-22(20-19-16)15-9-5-2-6-10-15/h1-10,13H,11-12H2. The predicted octanol–water partition coefficient (Wildman–Crippen LogP) is 2.53. The van der Waals surface area contributed by atoms with E-state index in [2.05, 4.69) is 32.3 Å². The quantitative estimate of drug-likeness (QED) is 0.744. The molecular weight excluding hydrogens is 274 g/mol. The molecular formula is C17H15N5. The van der Waals surface area contributed by atoms with E-state index >= 15 is 0 Å². The number of benzene rings is 2. The monoisotopic (exact) mass is 289 g/mol. The van der Waals surface area contributed by atoms with Gasteiger partial charge >= 0.3 is 0 Å². The van der Waals surface area contributed by atoms with E-state index in [1.807, 2.05) is 54.7 Å². The molecule has 0 spiro atoms. The predicted molar refractivity (Wildman–Crippen MR) is 86.6 cm³/mol. The smallest absolute Gasteiger partial charge is 0.158 e. The molecule has 0 saturated carbocycles. The topological polar surface area (TPSA) is 46.3 Å². The van der Waals surface area contributed by atoms with Crippen LogP contribution in [-0.2, 0) is 0 Å². The summed E-state index contributed by atoms with van der Waals surface area (Å²) in [6.45, 7) is 1.65. The lowest BCUT2D eigenvalue weighted by Gasteiger charge is -2.18. The minimum absolute atomic E-state index is 0.780. The third kappa shape index (κ3) is 2.26. The van der Waals surface area contributed by atoms with Gasteiger partial charge in [0, 0.05) is 12.2 Å². The molecule has 2 aromatic carbocycles. The molecule has 1 aliphatic heterocycles. The lowest BCUT2D eigenvalue weighted by Crippen LogP contribution is -2.28. The first-order valence-corrected chi connectivity index (χ1v) is 7.27. The molecule has 0 aliphatic carbocycles. The molecule has 0 fully saturated rings. The Morgan fingerprint density at radius 1 is 0.818 bits per heavy atom. The lowest BCUT2D eigenvalue weighted by atomic mass is 10.2. The highest BCUT2D eigenvalue weighted by atomic mass is 15.4. The molecule has 0 unspecified atom stereocenters. The summed E-state index contributed by atoms with van der Waals surface area (Å²) in [5, 5.41) is 8.51. The van der Waals surface area contributed by atoms with Crippen molar-refractivity contribution in [2.45, 2.75) is 0 Å². The second-order valence-electron chi connectivity index (χ2n) is 5.08. The fourth-order valence-corrected chi connectivity index (χ4v) is 2.60. The maximum Gasteiger partial charge on any atom is 0.158 e. The second kappa shape index (κ2) is 5.44. The Labute approximate surface area is 128 Å². The molecule has 0 bridgehead atoms. The molecule has 108 valence electrons. The molecule has 5 heteroatoms. The number of aliphatic imine (C=N–C) groups is 1. The molecule has 4 rings (SSSR count). The van der Waals surface area contributed by atoms with E-state index in [1.54, 1.807) is 4.68 Å². The van der Waals surface area contributed by atoms with Crippen LogP contribution in [0.3, 0.4) is 0 Å². The van der Waals surface area contributed by atoms with Crippen LogP contribution in [0.4, 0.5) is 5.69 Å². The first-order chi connectivity index (χ1) is 10.9. The molecule has 0 radical (unpaired) electrons. The Morgan fingerprint density at radius 2 is 1.50 bits per heavy atom.